The highest BCUT2D eigenvalue weighted by Crippen LogP contribution is 2.37. The van der Waals surface area contributed by atoms with Gasteiger partial charge in [-0.25, -0.2) is 0 Å². The lowest BCUT2D eigenvalue weighted by atomic mass is 10.0. The van der Waals surface area contributed by atoms with E-state index in [9.17, 15) is 5.11 Å². The van der Waals surface area contributed by atoms with E-state index in [1.165, 1.54) is 6.07 Å². The third-order valence-corrected chi connectivity index (χ3v) is 3.01. The molecule has 0 aromatic heterocycles. The van der Waals surface area contributed by atoms with Crippen LogP contribution < -0.4 is 5.32 Å². The van der Waals surface area contributed by atoms with Gasteiger partial charge in [-0.3, -0.25) is 0 Å². The molecule has 0 unspecified atom stereocenters. The molecule has 1 heterocycles. The van der Waals surface area contributed by atoms with E-state index in [0.717, 1.165) is 24.9 Å². The van der Waals surface area contributed by atoms with Crippen molar-refractivity contribution in [1.82, 2.24) is 5.32 Å². The van der Waals surface area contributed by atoms with E-state index in [0.29, 0.717) is 10.0 Å². The zero-order valence-corrected chi connectivity index (χ0v) is 9.07. The Morgan fingerprint density at radius 1 is 1.36 bits per heavy atom. The SMILES string of the molecule is Oc1cc(Cl)cc(Cl)c1[C@@H]1CCCN1. The molecule has 2 nitrogen and oxygen atoms in total. The lowest BCUT2D eigenvalue weighted by Crippen LogP contribution is -2.13. The van der Waals surface area contributed by atoms with Crippen LogP contribution >= 0.6 is 23.2 Å². The van der Waals surface area contributed by atoms with Crippen molar-refractivity contribution in [3.8, 4) is 5.75 Å². The fraction of sp³-hybridized carbons (Fsp3) is 0.400. The number of phenols is 1. The van der Waals surface area contributed by atoms with Crippen molar-refractivity contribution in [3.05, 3.63) is 27.7 Å². The van der Waals surface area contributed by atoms with Gasteiger partial charge in [-0.15, -0.1) is 0 Å². The Morgan fingerprint density at radius 2 is 2.14 bits per heavy atom. The Kier molecular flexibility index (Phi) is 2.86. The molecule has 0 aliphatic carbocycles. The average molecular weight is 232 g/mol. The topological polar surface area (TPSA) is 32.3 Å². The van der Waals surface area contributed by atoms with Crippen molar-refractivity contribution in [2.75, 3.05) is 6.54 Å². The zero-order chi connectivity index (χ0) is 10.1. The highest BCUT2D eigenvalue weighted by Gasteiger charge is 2.22. The predicted molar refractivity (Wildman–Crippen MR) is 58.1 cm³/mol. The van der Waals surface area contributed by atoms with Crippen LogP contribution in [0.1, 0.15) is 24.4 Å². The second-order valence-corrected chi connectivity index (χ2v) is 4.31. The average Bonchev–Trinajstić information content (AvgIpc) is 2.54. The molecule has 0 spiro atoms. The molecule has 1 aromatic rings. The molecule has 1 saturated heterocycles. The van der Waals surface area contributed by atoms with Crippen LogP contribution in [0, 0.1) is 0 Å². The molecule has 0 saturated carbocycles. The van der Waals surface area contributed by atoms with Crippen LogP contribution in [0.15, 0.2) is 12.1 Å². The summed E-state index contributed by atoms with van der Waals surface area (Å²) in [5.41, 5.74) is 0.772. The van der Waals surface area contributed by atoms with Crippen molar-refractivity contribution in [2.24, 2.45) is 0 Å². The number of rotatable bonds is 1. The number of hydrogen-bond acceptors (Lipinski definition) is 2. The number of halogens is 2. The van der Waals surface area contributed by atoms with Crippen molar-refractivity contribution in [3.63, 3.8) is 0 Å². The molecule has 2 rings (SSSR count). The molecule has 1 fully saturated rings. The summed E-state index contributed by atoms with van der Waals surface area (Å²) in [6, 6.07) is 3.36. The minimum absolute atomic E-state index is 0.166. The van der Waals surface area contributed by atoms with Crippen LogP contribution in [-0.4, -0.2) is 11.7 Å². The summed E-state index contributed by atoms with van der Waals surface area (Å²) in [5.74, 6) is 0.182. The lowest BCUT2D eigenvalue weighted by Gasteiger charge is -2.14. The highest BCUT2D eigenvalue weighted by molar-refractivity contribution is 6.35. The molecule has 1 aliphatic rings. The first-order valence-corrected chi connectivity index (χ1v) is 5.35. The van der Waals surface area contributed by atoms with Gasteiger partial charge in [0.25, 0.3) is 0 Å². The molecular formula is C10H11Cl2NO. The molecule has 0 radical (unpaired) electrons. The van der Waals surface area contributed by atoms with Gasteiger partial charge in [-0.1, -0.05) is 23.2 Å². The summed E-state index contributed by atoms with van der Waals surface area (Å²) in [5, 5.41) is 14.0. The maximum Gasteiger partial charge on any atom is 0.123 e. The molecule has 2 N–H and O–H groups in total. The second kappa shape index (κ2) is 3.97. The molecule has 1 atom stereocenters. The summed E-state index contributed by atoms with van der Waals surface area (Å²) in [7, 11) is 0. The van der Waals surface area contributed by atoms with Gasteiger partial charge >= 0.3 is 0 Å². The Labute approximate surface area is 92.8 Å². The normalized spacial score (nSPS) is 21.4. The Balaban J connectivity index is 2.40. The van der Waals surface area contributed by atoms with E-state index in [1.807, 2.05) is 0 Å². The van der Waals surface area contributed by atoms with Gasteiger partial charge < -0.3 is 10.4 Å². The van der Waals surface area contributed by atoms with Crippen LogP contribution in [0.25, 0.3) is 0 Å². The van der Waals surface area contributed by atoms with Gasteiger partial charge in [0.1, 0.15) is 5.75 Å². The van der Waals surface area contributed by atoms with Crippen LogP contribution in [0.4, 0.5) is 0 Å². The van der Waals surface area contributed by atoms with Crippen molar-refractivity contribution in [1.29, 1.82) is 0 Å². The van der Waals surface area contributed by atoms with Gasteiger partial charge in [0.2, 0.25) is 0 Å². The van der Waals surface area contributed by atoms with Crippen molar-refractivity contribution >= 4 is 23.2 Å². The van der Waals surface area contributed by atoms with Gasteiger partial charge in [0.05, 0.1) is 5.02 Å². The summed E-state index contributed by atoms with van der Waals surface area (Å²) >= 11 is 11.8. The predicted octanol–water partition coefficient (Wildman–Crippen LogP) is 3.12. The number of nitrogens with one attached hydrogen (secondary N) is 1. The summed E-state index contributed by atoms with van der Waals surface area (Å²) in [6.45, 7) is 0.975. The Morgan fingerprint density at radius 3 is 2.71 bits per heavy atom. The minimum atomic E-state index is 0.166. The number of aromatic hydroxyl groups is 1. The molecular weight excluding hydrogens is 221 g/mol. The third-order valence-electron chi connectivity index (χ3n) is 2.48. The minimum Gasteiger partial charge on any atom is -0.508 e. The Hall–Kier alpha value is -0.440. The van der Waals surface area contributed by atoms with Crippen LogP contribution in [0.5, 0.6) is 5.75 Å². The highest BCUT2D eigenvalue weighted by atomic mass is 35.5. The molecule has 76 valence electrons. The molecule has 1 aromatic carbocycles. The first kappa shape index (κ1) is 10.1. The quantitative estimate of drug-likeness (QED) is 0.779. The van der Waals surface area contributed by atoms with E-state index in [2.05, 4.69) is 5.32 Å². The van der Waals surface area contributed by atoms with E-state index in [-0.39, 0.29) is 11.8 Å². The van der Waals surface area contributed by atoms with E-state index in [1.54, 1.807) is 6.07 Å². The monoisotopic (exact) mass is 231 g/mol. The molecule has 1 aliphatic heterocycles. The van der Waals surface area contributed by atoms with E-state index >= 15 is 0 Å². The third kappa shape index (κ3) is 1.83. The second-order valence-electron chi connectivity index (χ2n) is 3.47. The van der Waals surface area contributed by atoms with Gasteiger partial charge in [-0.05, 0) is 31.5 Å². The largest absolute Gasteiger partial charge is 0.508 e. The molecule has 0 bridgehead atoms. The lowest BCUT2D eigenvalue weighted by molar-refractivity contribution is 0.457. The van der Waals surface area contributed by atoms with Crippen molar-refractivity contribution in [2.45, 2.75) is 18.9 Å². The number of hydrogen-bond donors (Lipinski definition) is 2. The maximum absolute atomic E-state index is 9.72. The smallest absolute Gasteiger partial charge is 0.123 e. The zero-order valence-electron chi connectivity index (χ0n) is 7.56. The van der Waals surface area contributed by atoms with Crippen LogP contribution in [0.2, 0.25) is 10.0 Å². The number of phenolic OH excluding ortho intramolecular Hbond substituents is 1. The van der Waals surface area contributed by atoms with Gasteiger partial charge in [0, 0.05) is 16.6 Å². The summed E-state index contributed by atoms with van der Waals surface area (Å²) < 4.78 is 0. The summed E-state index contributed by atoms with van der Waals surface area (Å²) in [4.78, 5) is 0. The molecule has 0 amide bonds. The van der Waals surface area contributed by atoms with E-state index in [4.69, 9.17) is 23.2 Å². The van der Waals surface area contributed by atoms with Gasteiger partial charge in [0.15, 0.2) is 0 Å². The summed E-state index contributed by atoms with van der Waals surface area (Å²) in [6.07, 6.45) is 2.12. The van der Waals surface area contributed by atoms with Crippen LogP contribution in [0.3, 0.4) is 0 Å². The van der Waals surface area contributed by atoms with Crippen LogP contribution in [-0.2, 0) is 0 Å². The fourth-order valence-corrected chi connectivity index (χ4v) is 2.46. The number of benzene rings is 1. The fourth-order valence-electron chi connectivity index (χ4n) is 1.85. The molecule has 14 heavy (non-hydrogen) atoms. The van der Waals surface area contributed by atoms with Crippen molar-refractivity contribution < 1.29 is 5.11 Å². The van der Waals surface area contributed by atoms with E-state index < -0.39 is 0 Å². The Bertz CT molecular complexity index is 325. The van der Waals surface area contributed by atoms with Gasteiger partial charge in [-0.2, -0.15) is 0 Å². The first-order valence-electron chi connectivity index (χ1n) is 4.60. The maximum atomic E-state index is 9.72. The first-order chi connectivity index (χ1) is 6.68. The standard InChI is InChI=1S/C10H11Cl2NO/c11-6-4-7(12)10(9(14)5-6)8-2-1-3-13-8/h4-5,8,13-14H,1-3H2/t8-/m0/s1. The molecule has 4 heteroatoms.